The van der Waals surface area contributed by atoms with Crippen LogP contribution in [-0.2, 0) is 13.1 Å². The monoisotopic (exact) mass is 329 g/mol. The van der Waals surface area contributed by atoms with E-state index in [1.807, 2.05) is 30.3 Å². The van der Waals surface area contributed by atoms with Crippen molar-refractivity contribution in [1.29, 1.82) is 0 Å². The van der Waals surface area contributed by atoms with E-state index >= 15 is 0 Å². The summed E-state index contributed by atoms with van der Waals surface area (Å²) < 4.78 is 0. The Morgan fingerprint density at radius 1 is 1.08 bits per heavy atom. The molecule has 2 N–H and O–H groups in total. The Morgan fingerprint density at radius 2 is 1.88 bits per heavy atom. The number of pyridine rings is 1. The third-order valence-corrected chi connectivity index (χ3v) is 4.56. The van der Waals surface area contributed by atoms with Gasteiger partial charge in [-0.15, -0.1) is 0 Å². The molecule has 0 unspecified atom stereocenters. The van der Waals surface area contributed by atoms with Crippen LogP contribution in [0.25, 0.3) is 11.6 Å². The van der Waals surface area contributed by atoms with Crippen molar-refractivity contribution in [3.63, 3.8) is 0 Å². The van der Waals surface area contributed by atoms with Crippen molar-refractivity contribution in [3.8, 4) is 5.88 Å². The Bertz CT molecular complexity index is 1010. The lowest BCUT2D eigenvalue weighted by Crippen LogP contribution is -2.15. The number of aliphatic imine (C=N–C) groups is 1. The number of rotatable bonds is 2. The molecular formula is C19H15N5O. The van der Waals surface area contributed by atoms with Crippen LogP contribution in [0.1, 0.15) is 22.4 Å². The van der Waals surface area contributed by atoms with E-state index in [1.165, 1.54) is 11.1 Å². The topological polar surface area (TPSA) is 77.4 Å². The predicted molar refractivity (Wildman–Crippen MR) is 96.8 cm³/mol. The van der Waals surface area contributed by atoms with Gasteiger partial charge in [-0.1, -0.05) is 24.3 Å². The molecular weight excluding hydrogens is 314 g/mol. The third kappa shape index (κ3) is 2.30. The van der Waals surface area contributed by atoms with Gasteiger partial charge in [-0.3, -0.25) is 0 Å². The second-order valence-electron chi connectivity index (χ2n) is 6.15. The number of nitrogens with one attached hydrogen (secondary N) is 1. The largest absolute Gasteiger partial charge is 0.492 e. The molecule has 0 radical (unpaired) electrons. The van der Waals surface area contributed by atoms with Gasteiger partial charge in [-0.2, -0.15) is 4.98 Å². The normalized spacial score (nSPS) is 16.5. The number of aromatic hydroxyl groups is 1. The number of hydrogen-bond donors (Lipinski definition) is 2. The van der Waals surface area contributed by atoms with E-state index in [2.05, 4.69) is 37.0 Å². The van der Waals surface area contributed by atoms with Gasteiger partial charge in [0.05, 0.1) is 0 Å². The molecule has 6 heteroatoms. The third-order valence-electron chi connectivity index (χ3n) is 4.56. The van der Waals surface area contributed by atoms with E-state index in [9.17, 15) is 5.11 Å². The summed E-state index contributed by atoms with van der Waals surface area (Å²) in [6, 6.07) is 12.2. The molecule has 5 rings (SSSR count). The van der Waals surface area contributed by atoms with E-state index in [4.69, 9.17) is 0 Å². The molecule has 4 heterocycles. The highest BCUT2D eigenvalue weighted by Gasteiger charge is 2.22. The fourth-order valence-corrected chi connectivity index (χ4v) is 3.29. The maximum absolute atomic E-state index is 10.2. The SMILES string of the molecule is Oc1nc(N2Cc3ccccc3C2)[nH]c1C=C1C=Nc2ncccc21. The second kappa shape index (κ2) is 5.31. The van der Waals surface area contributed by atoms with E-state index in [0.717, 1.165) is 24.2 Å². The first-order chi connectivity index (χ1) is 12.3. The second-order valence-corrected chi connectivity index (χ2v) is 6.15. The molecule has 0 bridgehead atoms. The van der Waals surface area contributed by atoms with Gasteiger partial charge < -0.3 is 15.0 Å². The van der Waals surface area contributed by atoms with Crippen molar-refractivity contribution in [2.24, 2.45) is 4.99 Å². The molecule has 0 amide bonds. The maximum Gasteiger partial charge on any atom is 0.238 e. The van der Waals surface area contributed by atoms with Gasteiger partial charge in [-0.05, 0) is 29.3 Å². The number of anilines is 1. The van der Waals surface area contributed by atoms with Gasteiger partial charge in [-0.25, -0.2) is 9.98 Å². The molecule has 2 aromatic heterocycles. The van der Waals surface area contributed by atoms with Gasteiger partial charge >= 0.3 is 0 Å². The smallest absolute Gasteiger partial charge is 0.238 e. The molecule has 122 valence electrons. The maximum atomic E-state index is 10.2. The van der Waals surface area contributed by atoms with E-state index in [1.54, 1.807) is 12.4 Å². The molecule has 1 aromatic carbocycles. The van der Waals surface area contributed by atoms with Gasteiger partial charge in [0.2, 0.25) is 11.8 Å². The van der Waals surface area contributed by atoms with Crippen LogP contribution in [0.2, 0.25) is 0 Å². The first-order valence-corrected chi connectivity index (χ1v) is 8.10. The average molecular weight is 329 g/mol. The molecule has 25 heavy (non-hydrogen) atoms. The minimum absolute atomic E-state index is 0.0100. The van der Waals surface area contributed by atoms with Crippen LogP contribution in [0.4, 0.5) is 11.8 Å². The van der Waals surface area contributed by atoms with Gasteiger partial charge in [0.1, 0.15) is 5.69 Å². The number of benzene rings is 1. The van der Waals surface area contributed by atoms with Crippen molar-refractivity contribution >= 4 is 29.6 Å². The quantitative estimate of drug-likeness (QED) is 0.756. The fraction of sp³-hybridized carbons (Fsp3) is 0.105. The minimum atomic E-state index is -0.0100. The Kier molecular flexibility index (Phi) is 2.97. The number of nitrogens with zero attached hydrogens (tertiary/aromatic N) is 4. The zero-order valence-corrected chi connectivity index (χ0v) is 13.3. The summed E-state index contributed by atoms with van der Waals surface area (Å²) in [6.45, 7) is 1.57. The highest BCUT2D eigenvalue weighted by molar-refractivity contribution is 6.20. The van der Waals surface area contributed by atoms with E-state index in [-0.39, 0.29) is 5.88 Å². The summed E-state index contributed by atoms with van der Waals surface area (Å²) in [5, 5.41) is 10.2. The molecule has 0 atom stereocenters. The molecule has 0 saturated carbocycles. The summed E-state index contributed by atoms with van der Waals surface area (Å²) in [4.78, 5) is 18.1. The minimum Gasteiger partial charge on any atom is -0.492 e. The van der Waals surface area contributed by atoms with Crippen LogP contribution in [0, 0.1) is 0 Å². The Labute approximate surface area is 144 Å². The number of fused-ring (bicyclic) bond motifs is 2. The molecule has 2 aliphatic heterocycles. The molecule has 6 nitrogen and oxygen atoms in total. The summed E-state index contributed by atoms with van der Waals surface area (Å²) in [7, 11) is 0. The zero-order chi connectivity index (χ0) is 16.8. The van der Waals surface area contributed by atoms with Crippen molar-refractivity contribution in [2.75, 3.05) is 4.90 Å². The molecule has 0 fully saturated rings. The standard InChI is InChI=1S/C19H15N5O/c25-18-16(8-14-9-21-17-15(14)6-3-7-20-17)22-19(23-18)24-10-12-4-1-2-5-13(12)11-24/h1-9,25H,10-11H2,(H,22,23). The fourth-order valence-electron chi connectivity index (χ4n) is 3.29. The predicted octanol–water partition coefficient (Wildman–Crippen LogP) is 3.29. The summed E-state index contributed by atoms with van der Waals surface area (Å²) >= 11 is 0. The number of imidazole rings is 1. The summed E-state index contributed by atoms with van der Waals surface area (Å²) in [6.07, 6.45) is 5.32. The highest BCUT2D eigenvalue weighted by Crippen LogP contribution is 2.33. The van der Waals surface area contributed by atoms with Crippen LogP contribution in [-0.4, -0.2) is 26.3 Å². The van der Waals surface area contributed by atoms with Crippen molar-refractivity contribution in [3.05, 3.63) is 65.0 Å². The lowest BCUT2D eigenvalue weighted by atomic mass is 10.1. The van der Waals surface area contributed by atoms with Crippen LogP contribution in [0.3, 0.4) is 0 Å². The Balaban J connectivity index is 1.46. The summed E-state index contributed by atoms with van der Waals surface area (Å²) in [5.74, 6) is 1.36. The molecule has 2 aliphatic rings. The van der Waals surface area contributed by atoms with Crippen LogP contribution < -0.4 is 4.90 Å². The van der Waals surface area contributed by atoms with E-state index < -0.39 is 0 Å². The van der Waals surface area contributed by atoms with Gasteiger partial charge in [0.25, 0.3) is 0 Å². The number of allylic oxidation sites excluding steroid dienone is 1. The van der Waals surface area contributed by atoms with Crippen LogP contribution in [0.5, 0.6) is 5.88 Å². The van der Waals surface area contributed by atoms with Crippen LogP contribution >= 0.6 is 0 Å². The van der Waals surface area contributed by atoms with Gasteiger partial charge in [0.15, 0.2) is 5.82 Å². The zero-order valence-electron chi connectivity index (χ0n) is 13.3. The molecule has 0 saturated heterocycles. The molecule has 0 aliphatic carbocycles. The van der Waals surface area contributed by atoms with Crippen molar-refractivity contribution in [2.45, 2.75) is 13.1 Å². The van der Waals surface area contributed by atoms with Crippen molar-refractivity contribution < 1.29 is 5.11 Å². The first kappa shape index (κ1) is 14.0. The lowest BCUT2D eigenvalue weighted by Gasteiger charge is -2.12. The summed E-state index contributed by atoms with van der Waals surface area (Å²) in [5.41, 5.74) is 5.01. The number of hydrogen-bond acceptors (Lipinski definition) is 5. The lowest BCUT2D eigenvalue weighted by molar-refractivity contribution is 0.455. The van der Waals surface area contributed by atoms with Gasteiger partial charge in [0, 0.05) is 36.6 Å². The highest BCUT2D eigenvalue weighted by atomic mass is 16.3. The Hall–Kier alpha value is -3.41. The number of H-pyrrole nitrogens is 1. The van der Waals surface area contributed by atoms with Crippen LogP contribution in [0.15, 0.2) is 47.6 Å². The molecule has 3 aromatic rings. The first-order valence-electron chi connectivity index (χ1n) is 8.10. The number of aromatic amines is 1. The Morgan fingerprint density at radius 3 is 2.68 bits per heavy atom. The average Bonchev–Trinajstić information content (AvgIpc) is 3.33. The number of aromatic nitrogens is 3. The molecule has 0 spiro atoms. The van der Waals surface area contributed by atoms with Crippen molar-refractivity contribution in [1.82, 2.24) is 15.0 Å². The van der Waals surface area contributed by atoms with E-state index in [0.29, 0.717) is 17.5 Å².